The number of nitrogens with zero attached hydrogens (tertiary/aromatic N) is 6. The molecule has 1 aromatic carbocycles. The quantitative estimate of drug-likeness (QED) is 0.705. The number of rotatable bonds is 4. The van der Waals surface area contributed by atoms with Gasteiger partial charge in [0.2, 0.25) is 5.89 Å². The third kappa shape index (κ3) is 3.47. The molecule has 3 aromatic rings. The van der Waals surface area contributed by atoms with Gasteiger partial charge < -0.3 is 9.42 Å². The predicted octanol–water partition coefficient (Wildman–Crippen LogP) is 2.79. The largest absolute Gasteiger partial charge is 0.339 e. The van der Waals surface area contributed by atoms with E-state index in [1.807, 2.05) is 49.1 Å². The third-order valence-corrected chi connectivity index (χ3v) is 4.80. The molecule has 1 aliphatic heterocycles. The highest BCUT2D eigenvalue weighted by molar-refractivity contribution is 5.93. The molecule has 1 saturated heterocycles. The van der Waals surface area contributed by atoms with E-state index in [9.17, 15) is 4.79 Å². The van der Waals surface area contributed by atoms with Gasteiger partial charge in [-0.2, -0.15) is 4.98 Å². The smallest absolute Gasteiger partial charge is 0.274 e. The Morgan fingerprint density at radius 1 is 1.26 bits per heavy atom. The van der Waals surface area contributed by atoms with Gasteiger partial charge in [-0.25, -0.2) is 4.68 Å². The molecule has 0 aliphatic carbocycles. The zero-order valence-corrected chi connectivity index (χ0v) is 15.4. The van der Waals surface area contributed by atoms with E-state index in [2.05, 4.69) is 20.5 Å². The van der Waals surface area contributed by atoms with Crippen LogP contribution < -0.4 is 0 Å². The highest BCUT2D eigenvalue weighted by Crippen LogP contribution is 2.27. The summed E-state index contributed by atoms with van der Waals surface area (Å²) in [5.41, 5.74) is 1.26. The van der Waals surface area contributed by atoms with Gasteiger partial charge in [-0.05, 0) is 25.0 Å². The van der Waals surface area contributed by atoms with Crippen molar-refractivity contribution in [2.75, 3.05) is 13.1 Å². The molecular formula is C19H22N6O2. The molecule has 2 aromatic heterocycles. The Hall–Kier alpha value is -3.03. The van der Waals surface area contributed by atoms with Crippen LogP contribution in [-0.4, -0.2) is 49.0 Å². The van der Waals surface area contributed by atoms with Crippen LogP contribution in [0.1, 0.15) is 60.7 Å². The monoisotopic (exact) mass is 366 g/mol. The molecule has 3 heterocycles. The molecule has 0 saturated carbocycles. The Balaban J connectivity index is 1.54. The Morgan fingerprint density at radius 3 is 2.81 bits per heavy atom. The van der Waals surface area contributed by atoms with Crippen LogP contribution in [0.25, 0.3) is 5.69 Å². The van der Waals surface area contributed by atoms with Gasteiger partial charge in [0.25, 0.3) is 5.91 Å². The van der Waals surface area contributed by atoms with Crippen molar-refractivity contribution in [2.45, 2.75) is 38.5 Å². The van der Waals surface area contributed by atoms with Crippen molar-refractivity contribution in [1.82, 2.24) is 30.0 Å². The fraction of sp³-hybridized carbons (Fsp3) is 0.421. The maximum Gasteiger partial charge on any atom is 0.274 e. The number of amides is 1. The van der Waals surface area contributed by atoms with Crippen LogP contribution in [-0.2, 0) is 0 Å². The zero-order valence-electron chi connectivity index (χ0n) is 15.4. The zero-order chi connectivity index (χ0) is 18.8. The van der Waals surface area contributed by atoms with Crippen molar-refractivity contribution in [1.29, 1.82) is 0 Å². The summed E-state index contributed by atoms with van der Waals surface area (Å²) in [4.78, 5) is 19.4. The average molecular weight is 366 g/mol. The second-order valence-corrected chi connectivity index (χ2v) is 7.10. The molecule has 0 N–H and O–H groups in total. The number of carbonyl (C=O) groups is 1. The van der Waals surface area contributed by atoms with Gasteiger partial charge in [0.05, 0.1) is 17.8 Å². The Kier molecular flexibility index (Phi) is 4.70. The molecule has 4 rings (SSSR count). The van der Waals surface area contributed by atoms with Crippen LogP contribution in [0.4, 0.5) is 0 Å². The molecule has 8 heteroatoms. The van der Waals surface area contributed by atoms with Crippen molar-refractivity contribution < 1.29 is 9.32 Å². The summed E-state index contributed by atoms with van der Waals surface area (Å²) in [6.07, 6.45) is 3.34. The first kappa shape index (κ1) is 17.4. The van der Waals surface area contributed by atoms with Crippen molar-refractivity contribution in [3.05, 3.63) is 53.9 Å². The van der Waals surface area contributed by atoms with E-state index in [4.69, 9.17) is 4.52 Å². The molecule has 1 fully saturated rings. The van der Waals surface area contributed by atoms with Crippen LogP contribution in [0.5, 0.6) is 0 Å². The van der Waals surface area contributed by atoms with E-state index >= 15 is 0 Å². The minimum atomic E-state index is -0.0860. The van der Waals surface area contributed by atoms with Gasteiger partial charge in [-0.3, -0.25) is 4.79 Å². The van der Waals surface area contributed by atoms with E-state index in [1.54, 1.807) is 4.68 Å². The minimum Gasteiger partial charge on any atom is -0.339 e. The van der Waals surface area contributed by atoms with Gasteiger partial charge in [-0.15, -0.1) is 5.10 Å². The third-order valence-electron chi connectivity index (χ3n) is 4.80. The lowest BCUT2D eigenvalue weighted by atomic mass is 9.97. The molecule has 1 aliphatic rings. The highest BCUT2D eigenvalue weighted by Gasteiger charge is 2.31. The normalized spacial score (nSPS) is 17.4. The lowest BCUT2D eigenvalue weighted by Crippen LogP contribution is -2.40. The van der Waals surface area contributed by atoms with Crippen LogP contribution in [0.2, 0.25) is 0 Å². The molecule has 8 nitrogen and oxygen atoms in total. The second kappa shape index (κ2) is 7.30. The summed E-state index contributed by atoms with van der Waals surface area (Å²) >= 11 is 0. The molecule has 0 bridgehead atoms. The molecule has 0 radical (unpaired) electrons. The minimum absolute atomic E-state index is 0.0590. The number of piperidine rings is 1. The number of hydrogen-bond acceptors (Lipinski definition) is 6. The molecule has 27 heavy (non-hydrogen) atoms. The molecule has 140 valence electrons. The van der Waals surface area contributed by atoms with Crippen molar-refractivity contribution in [3.63, 3.8) is 0 Å². The number of aromatic nitrogens is 5. The van der Waals surface area contributed by atoms with Crippen LogP contribution in [0, 0.1) is 0 Å². The topological polar surface area (TPSA) is 89.9 Å². The van der Waals surface area contributed by atoms with Crippen molar-refractivity contribution >= 4 is 5.91 Å². The lowest BCUT2D eigenvalue weighted by Gasteiger charge is -2.30. The van der Waals surface area contributed by atoms with Crippen LogP contribution in [0.15, 0.2) is 41.1 Å². The van der Waals surface area contributed by atoms with E-state index in [-0.39, 0.29) is 17.7 Å². The van der Waals surface area contributed by atoms with Gasteiger partial charge in [0.1, 0.15) is 0 Å². The number of hydrogen-bond donors (Lipinski definition) is 0. The summed E-state index contributed by atoms with van der Waals surface area (Å²) in [5, 5.41) is 12.1. The lowest BCUT2D eigenvalue weighted by molar-refractivity contribution is 0.0686. The van der Waals surface area contributed by atoms with Gasteiger partial charge in [0.15, 0.2) is 11.5 Å². The number of likely N-dealkylation sites (tertiary alicyclic amines) is 1. The Bertz CT molecular complexity index is 917. The Morgan fingerprint density at radius 2 is 2.07 bits per heavy atom. The first-order chi connectivity index (χ1) is 13.1. The van der Waals surface area contributed by atoms with Crippen molar-refractivity contribution in [3.8, 4) is 5.69 Å². The molecule has 1 atom stereocenters. The van der Waals surface area contributed by atoms with Crippen LogP contribution >= 0.6 is 0 Å². The first-order valence-corrected chi connectivity index (χ1v) is 9.22. The SMILES string of the molecule is CC(C)c1noc(C2CCCN(C(=O)c3cnnn3-c3ccccc3)C2)n1. The summed E-state index contributed by atoms with van der Waals surface area (Å²) < 4.78 is 7.03. The van der Waals surface area contributed by atoms with E-state index in [0.717, 1.165) is 18.5 Å². The average Bonchev–Trinajstić information content (AvgIpc) is 3.38. The maximum absolute atomic E-state index is 13.1. The first-order valence-electron chi connectivity index (χ1n) is 9.22. The fourth-order valence-electron chi connectivity index (χ4n) is 3.31. The summed E-state index contributed by atoms with van der Waals surface area (Å²) in [6, 6.07) is 9.54. The number of benzene rings is 1. The molecule has 0 spiro atoms. The summed E-state index contributed by atoms with van der Waals surface area (Å²) in [6.45, 7) is 5.31. The van der Waals surface area contributed by atoms with Crippen LogP contribution in [0.3, 0.4) is 0 Å². The Labute approximate surface area is 157 Å². The number of carbonyl (C=O) groups excluding carboxylic acids is 1. The van der Waals surface area contributed by atoms with Gasteiger partial charge >= 0.3 is 0 Å². The number of para-hydroxylation sites is 1. The molecular weight excluding hydrogens is 344 g/mol. The standard InChI is InChI=1S/C19H22N6O2/c1-13(2)17-21-18(27-22-17)14-7-6-10-24(12-14)19(26)16-11-20-23-25(16)15-8-4-3-5-9-15/h3-5,8-9,11,13-14H,6-7,10,12H2,1-2H3. The highest BCUT2D eigenvalue weighted by atomic mass is 16.5. The summed E-state index contributed by atoms with van der Waals surface area (Å²) in [5.74, 6) is 1.52. The van der Waals surface area contributed by atoms with Gasteiger partial charge in [0, 0.05) is 19.0 Å². The predicted molar refractivity (Wildman–Crippen MR) is 97.6 cm³/mol. The van der Waals surface area contributed by atoms with Crippen molar-refractivity contribution in [2.24, 2.45) is 0 Å². The van der Waals surface area contributed by atoms with Gasteiger partial charge in [-0.1, -0.05) is 42.4 Å². The van der Waals surface area contributed by atoms with E-state index in [0.29, 0.717) is 30.5 Å². The maximum atomic E-state index is 13.1. The molecule has 1 unspecified atom stereocenters. The molecule has 1 amide bonds. The van der Waals surface area contributed by atoms with E-state index in [1.165, 1.54) is 6.20 Å². The fourth-order valence-corrected chi connectivity index (χ4v) is 3.31. The van der Waals surface area contributed by atoms with E-state index < -0.39 is 0 Å². The summed E-state index contributed by atoms with van der Waals surface area (Å²) in [7, 11) is 0. The second-order valence-electron chi connectivity index (χ2n) is 7.10.